The van der Waals surface area contributed by atoms with E-state index >= 15 is 0 Å². The summed E-state index contributed by atoms with van der Waals surface area (Å²) in [5.41, 5.74) is 1.73. The van der Waals surface area contributed by atoms with Crippen LogP contribution in [0.1, 0.15) is 29.3 Å². The van der Waals surface area contributed by atoms with Crippen LogP contribution in [0.2, 0.25) is 0 Å². The summed E-state index contributed by atoms with van der Waals surface area (Å²) in [6.07, 6.45) is 0.866. The number of hydrogen-bond donors (Lipinski definition) is 1. The topological polar surface area (TPSA) is 98.8 Å². The van der Waals surface area contributed by atoms with E-state index in [1.54, 1.807) is 19.1 Å². The van der Waals surface area contributed by atoms with E-state index < -0.39 is 16.1 Å². The van der Waals surface area contributed by atoms with Crippen molar-refractivity contribution in [1.82, 2.24) is 0 Å². The zero-order chi connectivity index (χ0) is 18.7. The number of rotatable bonds is 5. The van der Waals surface area contributed by atoms with Gasteiger partial charge in [0, 0.05) is 12.1 Å². The van der Waals surface area contributed by atoms with Crippen LogP contribution in [0.5, 0.6) is 5.75 Å². The molecule has 3 rings (SSSR count). The molecule has 0 spiro atoms. The molecule has 0 saturated heterocycles. The van der Waals surface area contributed by atoms with Gasteiger partial charge in [-0.25, -0.2) is 4.79 Å². The molecule has 1 heterocycles. The molecular formula is C18H17NO6S. The number of carbonyl (C=O) groups is 2. The number of carbonyl (C=O) groups excluding carboxylic acids is 2. The Balaban J connectivity index is 1.79. The van der Waals surface area contributed by atoms with E-state index in [9.17, 15) is 18.0 Å². The smallest absolute Gasteiger partial charge is 0.339 e. The monoisotopic (exact) mass is 375 g/mol. The Morgan fingerprint density at radius 2 is 1.85 bits per heavy atom. The fourth-order valence-electron chi connectivity index (χ4n) is 2.56. The van der Waals surface area contributed by atoms with E-state index in [-0.39, 0.29) is 28.7 Å². The highest BCUT2D eigenvalue weighted by molar-refractivity contribution is 7.87. The first-order chi connectivity index (χ1) is 12.4. The van der Waals surface area contributed by atoms with Gasteiger partial charge in [-0.1, -0.05) is 0 Å². The molecule has 0 aliphatic carbocycles. The number of anilines is 1. The standard InChI is InChI=1S/C18H17NO6S/c1-2-24-18(21)12-3-7-15(8-4-12)26(22,23)25-14-6-9-16-13(11-14)5-10-17(20)19-16/h3-4,6-9,11H,2,5,10H2,1H3,(H,19,20). The molecule has 26 heavy (non-hydrogen) atoms. The SMILES string of the molecule is CCOC(=O)c1ccc(S(=O)(=O)Oc2ccc3c(c2)CCC(=O)N3)cc1. The Kier molecular flexibility index (Phi) is 4.94. The molecule has 1 N–H and O–H groups in total. The first-order valence-corrected chi connectivity index (χ1v) is 9.44. The van der Waals surface area contributed by atoms with Crippen LogP contribution >= 0.6 is 0 Å². The third-order valence-electron chi connectivity index (χ3n) is 3.83. The number of aryl methyl sites for hydroxylation is 1. The summed E-state index contributed by atoms with van der Waals surface area (Å²) in [5, 5.41) is 2.72. The Labute approximate surface area is 151 Å². The van der Waals surface area contributed by atoms with Crippen molar-refractivity contribution < 1.29 is 26.9 Å². The highest BCUT2D eigenvalue weighted by Gasteiger charge is 2.20. The summed E-state index contributed by atoms with van der Waals surface area (Å²) >= 11 is 0. The second kappa shape index (κ2) is 7.17. The molecule has 2 aromatic rings. The molecule has 0 bridgehead atoms. The third-order valence-corrected chi connectivity index (χ3v) is 5.09. The zero-order valence-electron chi connectivity index (χ0n) is 14.0. The average Bonchev–Trinajstić information content (AvgIpc) is 2.62. The van der Waals surface area contributed by atoms with Crippen LogP contribution in [0.4, 0.5) is 5.69 Å². The number of ether oxygens (including phenoxy) is 1. The first-order valence-electron chi connectivity index (χ1n) is 8.03. The number of nitrogens with one attached hydrogen (secondary N) is 1. The maximum Gasteiger partial charge on any atom is 0.339 e. The van der Waals surface area contributed by atoms with Crippen LogP contribution in [0, 0.1) is 0 Å². The van der Waals surface area contributed by atoms with Crippen molar-refractivity contribution in [2.75, 3.05) is 11.9 Å². The van der Waals surface area contributed by atoms with E-state index in [1.807, 2.05) is 0 Å². The van der Waals surface area contributed by atoms with Crippen molar-refractivity contribution in [2.45, 2.75) is 24.7 Å². The minimum absolute atomic E-state index is 0.0690. The largest absolute Gasteiger partial charge is 0.462 e. The van der Waals surface area contributed by atoms with E-state index in [0.29, 0.717) is 18.5 Å². The number of esters is 1. The minimum Gasteiger partial charge on any atom is -0.462 e. The number of hydrogen-bond acceptors (Lipinski definition) is 6. The average molecular weight is 375 g/mol. The van der Waals surface area contributed by atoms with E-state index in [1.165, 1.54) is 30.3 Å². The summed E-state index contributed by atoms with van der Waals surface area (Å²) < 4.78 is 34.9. The van der Waals surface area contributed by atoms with Crippen molar-refractivity contribution in [1.29, 1.82) is 0 Å². The Morgan fingerprint density at radius 3 is 2.54 bits per heavy atom. The van der Waals surface area contributed by atoms with Crippen molar-refractivity contribution in [3.8, 4) is 5.75 Å². The second-order valence-electron chi connectivity index (χ2n) is 5.65. The van der Waals surface area contributed by atoms with Gasteiger partial charge < -0.3 is 14.2 Å². The van der Waals surface area contributed by atoms with Crippen LogP contribution in [0.3, 0.4) is 0 Å². The summed E-state index contributed by atoms with van der Waals surface area (Å²) in [6, 6.07) is 10.0. The molecule has 7 nitrogen and oxygen atoms in total. The van der Waals surface area contributed by atoms with E-state index in [4.69, 9.17) is 8.92 Å². The van der Waals surface area contributed by atoms with Gasteiger partial charge in [-0.05, 0) is 61.4 Å². The van der Waals surface area contributed by atoms with Gasteiger partial charge in [0.1, 0.15) is 10.6 Å². The molecule has 8 heteroatoms. The van der Waals surface area contributed by atoms with Crippen LogP contribution in [0.25, 0.3) is 0 Å². The van der Waals surface area contributed by atoms with Gasteiger partial charge in [0.05, 0.1) is 12.2 Å². The van der Waals surface area contributed by atoms with Gasteiger partial charge >= 0.3 is 16.1 Å². The van der Waals surface area contributed by atoms with Gasteiger partial charge in [-0.15, -0.1) is 0 Å². The Morgan fingerprint density at radius 1 is 1.12 bits per heavy atom. The minimum atomic E-state index is -4.04. The van der Waals surface area contributed by atoms with Crippen LogP contribution in [0.15, 0.2) is 47.4 Å². The van der Waals surface area contributed by atoms with Crippen molar-refractivity contribution in [2.24, 2.45) is 0 Å². The van der Waals surface area contributed by atoms with Gasteiger partial charge in [0.25, 0.3) is 0 Å². The van der Waals surface area contributed by atoms with E-state index in [2.05, 4.69) is 5.32 Å². The molecule has 1 aliphatic rings. The predicted molar refractivity (Wildman–Crippen MR) is 93.6 cm³/mol. The molecule has 1 amide bonds. The van der Waals surface area contributed by atoms with Crippen molar-refractivity contribution in [3.05, 3.63) is 53.6 Å². The number of benzene rings is 2. The normalized spacial score (nSPS) is 13.5. The first kappa shape index (κ1) is 17.9. The van der Waals surface area contributed by atoms with Gasteiger partial charge in [0.15, 0.2) is 0 Å². The molecule has 0 saturated carbocycles. The highest BCUT2D eigenvalue weighted by atomic mass is 32.2. The quantitative estimate of drug-likeness (QED) is 0.637. The lowest BCUT2D eigenvalue weighted by Crippen LogP contribution is -2.19. The lowest BCUT2D eigenvalue weighted by Gasteiger charge is -2.17. The summed E-state index contributed by atoms with van der Waals surface area (Å²) in [5.74, 6) is -0.427. The van der Waals surface area contributed by atoms with Crippen LogP contribution in [-0.4, -0.2) is 26.9 Å². The van der Waals surface area contributed by atoms with Crippen LogP contribution in [-0.2, 0) is 26.1 Å². The molecule has 1 aliphatic heterocycles. The third kappa shape index (κ3) is 3.85. The van der Waals surface area contributed by atoms with Gasteiger partial charge in [0.2, 0.25) is 5.91 Å². The maximum atomic E-state index is 12.4. The predicted octanol–water partition coefficient (Wildman–Crippen LogP) is 2.52. The molecule has 0 fully saturated rings. The maximum absolute atomic E-state index is 12.4. The molecule has 0 radical (unpaired) electrons. The Bertz CT molecular complexity index is 950. The van der Waals surface area contributed by atoms with Gasteiger partial charge in [-0.3, -0.25) is 4.79 Å². The molecule has 0 atom stereocenters. The lowest BCUT2D eigenvalue weighted by atomic mass is 10.0. The van der Waals surface area contributed by atoms with Gasteiger partial charge in [-0.2, -0.15) is 8.42 Å². The van der Waals surface area contributed by atoms with Crippen molar-refractivity contribution >= 4 is 27.7 Å². The van der Waals surface area contributed by atoms with E-state index in [0.717, 1.165) is 5.56 Å². The van der Waals surface area contributed by atoms with Crippen molar-refractivity contribution in [3.63, 3.8) is 0 Å². The fraction of sp³-hybridized carbons (Fsp3) is 0.222. The number of amides is 1. The second-order valence-corrected chi connectivity index (χ2v) is 7.20. The molecule has 0 unspecified atom stereocenters. The summed E-state index contributed by atoms with van der Waals surface area (Å²) in [6.45, 7) is 1.93. The zero-order valence-corrected chi connectivity index (χ0v) is 14.8. The summed E-state index contributed by atoms with van der Waals surface area (Å²) in [7, 11) is -4.04. The highest BCUT2D eigenvalue weighted by Crippen LogP contribution is 2.28. The summed E-state index contributed by atoms with van der Waals surface area (Å²) in [4.78, 5) is 22.9. The lowest BCUT2D eigenvalue weighted by molar-refractivity contribution is -0.116. The molecule has 136 valence electrons. The Hall–Kier alpha value is -2.87. The fourth-order valence-corrected chi connectivity index (χ4v) is 3.48. The molecular weight excluding hydrogens is 358 g/mol. The molecule has 2 aromatic carbocycles. The number of fused-ring (bicyclic) bond motifs is 1. The van der Waals surface area contributed by atoms with Crippen LogP contribution < -0.4 is 9.50 Å². The molecule has 0 aromatic heterocycles.